The second kappa shape index (κ2) is 6.78. The van der Waals surface area contributed by atoms with Crippen molar-refractivity contribution in [1.82, 2.24) is 9.62 Å². The lowest BCUT2D eigenvalue weighted by atomic mass is 10.4. The maximum Gasteiger partial charge on any atom is 0.215 e. The van der Waals surface area contributed by atoms with Gasteiger partial charge in [0, 0.05) is 31.1 Å². The molecule has 0 saturated carbocycles. The van der Waals surface area contributed by atoms with Gasteiger partial charge in [0.15, 0.2) is 0 Å². The summed E-state index contributed by atoms with van der Waals surface area (Å²) < 4.78 is 31.1. The lowest BCUT2D eigenvalue weighted by Gasteiger charge is -2.25. The first-order valence-corrected chi connectivity index (χ1v) is 9.16. The third-order valence-corrected chi connectivity index (χ3v) is 5.81. The van der Waals surface area contributed by atoms with Crippen molar-refractivity contribution in [3.63, 3.8) is 0 Å². The molecule has 5 nitrogen and oxygen atoms in total. The quantitative estimate of drug-likeness (QED) is 0.796. The number of furan rings is 1. The maximum atomic E-state index is 12.1. The van der Waals surface area contributed by atoms with Gasteiger partial charge < -0.3 is 9.73 Å². The lowest BCUT2D eigenvalue weighted by Crippen LogP contribution is -2.41. The summed E-state index contributed by atoms with van der Waals surface area (Å²) >= 11 is 1.81. The fraction of sp³-hybridized carbons (Fsp3) is 0.667. The first-order chi connectivity index (χ1) is 9.08. The van der Waals surface area contributed by atoms with Crippen LogP contribution in [0.15, 0.2) is 16.5 Å². The van der Waals surface area contributed by atoms with E-state index in [-0.39, 0.29) is 5.75 Å². The minimum Gasteiger partial charge on any atom is -0.465 e. The highest BCUT2D eigenvalue weighted by atomic mass is 32.2. The van der Waals surface area contributed by atoms with Crippen LogP contribution in [0.1, 0.15) is 11.5 Å². The molecule has 1 N–H and O–H groups in total. The molecule has 19 heavy (non-hydrogen) atoms. The van der Waals surface area contributed by atoms with Crippen molar-refractivity contribution in [3.05, 3.63) is 23.7 Å². The van der Waals surface area contributed by atoms with Gasteiger partial charge in [-0.15, -0.1) is 0 Å². The molecular weight excluding hydrogens is 284 g/mol. The van der Waals surface area contributed by atoms with E-state index in [0.717, 1.165) is 23.0 Å². The van der Waals surface area contributed by atoms with Crippen molar-refractivity contribution in [3.8, 4) is 0 Å². The summed E-state index contributed by atoms with van der Waals surface area (Å²) in [4.78, 5) is 0. The van der Waals surface area contributed by atoms with Gasteiger partial charge >= 0.3 is 0 Å². The molecule has 7 heteroatoms. The largest absolute Gasteiger partial charge is 0.465 e. The van der Waals surface area contributed by atoms with E-state index in [2.05, 4.69) is 5.32 Å². The molecule has 0 aliphatic carbocycles. The smallest absolute Gasteiger partial charge is 0.215 e. The average Bonchev–Trinajstić information content (AvgIpc) is 2.82. The molecule has 0 aromatic carbocycles. The Morgan fingerprint density at radius 1 is 1.37 bits per heavy atom. The zero-order chi connectivity index (χ0) is 13.7. The van der Waals surface area contributed by atoms with Crippen LogP contribution in [-0.4, -0.2) is 49.6 Å². The zero-order valence-electron chi connectivity index (χ0n) is 11.1. The van der Waals surface area contributed by atoms with Crippen molar-refractivity contribution in [2.75, 3.05) is 36.9 Å². The summed E-state index contributed by atoms with van der Waals surface area (Å²) in [5.74, 6) is 3.66. The monoisotopic (exact) mass is 304 g/mol. The van der Waals surface area contributed by atoms with E-state index in [4.69, 9.17) is 4.42 Å². The molecule has 1 aliphatic heterocycles. The topological polar surface area (TPSA) is 62.6 Å². The van der Waals surface area contributed by atoms with Gasteiger partial charge in [0.25, 0.3) is 0 Å². The summed E-state index contributed by atoms with van der Waals surface area (Å²) in [5.41, 5.74) is 0. The van der Waals surface area contributed by atoms with Gasteiger partial charge in [0.1, 0.15) is 11.5 Å². The van der Waals surface area contributed by atoms with Gasteiger partial charge in [0.05, 0.1) is 12.3 Å². The molecular formula is C12H20N2O3S2. The molecule has 0 unspecified atom stereocenters. The number of rotatable bonds is 6. The number of aryl methyl sites for hydroxylation is 1. The molecule has 1 aliphatic rings. The number of sulfonamides is 1. The van der Waals surface area contributed by atoms with Crippen LogP contribution in [-0.2, 0) is 16.6 Å². The Labute approximate surface area is 118 Å². The maximum absolute atomic E-state index is 12.1. The first-order valence-electron chi connectivity index (χ1n) is 6.39. The predicted molar refractivity (Wildman–Crippen MR) is 77.8 cm³/mol. The molecule has 1 aromatic rings. The fourth-order valence-electron chi connectivity index (χ4n) is 1.95. The molecule has 0 amide bonds. The van der Waals surface area contributed by atoms with Crippen LogP contribution in [0.25, 0.3) is 0 Å². The van der Waals surface area contributed by atoms with Crippen LogP contribution in [0.3, 0.4) is 0 Å². The molecule has 0 spiro atoms. The van der Waals surface area contributed by atoms with Gasteiger partial charge in [-0.2, -0.15) is 11.8 Å². The molecule has 0 radical (unpaired) electrons. The number of nitrogens with zero attached hydrogens (tertiary/aromatic N) is 1. The van der Waals surface area contributed by atoms with E-state index in [1.165, 1.54) is 0 Å². The van der Waals surface area contributed by atoms with Crippen molar-refractivity contribution in [1.29, 1.82) is 0 Å². The van der Waals surface area contributed by atoms with Crippen LogP contribution >= 0.6 is 11.8 Å². The van der Waals surface area contributed by atoms with Crippen LogP contribution in [0.5, 0.6) is 0 Å². The van der Waals surface area contributed by atoms with Crippen LogP contribution in [0.4, 0.5) is 0 Å². The van der Waals surface area contributed by atoms with Crippen molar-refractivity contribution >= 4 is 21.8 Å². The van der Waals surface area contributed by atoms with Gasteiger partial charge in [-0.25, -0.2) is 12.7 Å². The van der Waals surface area contributed by atoms with Gasteiger partial charge in [0.2, 0.25) is 10.0 Å². The molecule has 108 valence electrons. The van der Waals surface area contributed by atoms with E-state index < -0.39 is 10.0 Å². The highest BCUT2D eigenvalue weighted by Gasteiger charge is 2.23. The van der Waals surface area contributed by atoms with E-state index in [9.17, 15) is 8.42 Å². The Morgan fingerprint density at radius 2 is 2.11 bits per heavy atom. The van der Waals surface area contributed by atoms with Crippen LogP contribution in [0.2, 0.25) is 0 Å². The van der Waals surface area contributed by atoms with Gasteiger partial charge in [-0.3, -0.25) is 0 Å². The molecule has 2 rings (SSSR count). The average molecular weight is 304 g/mol. The fourth-order valence-corrected chi connectivity index (χ4v) is 4.48. The molecule has 1 saturated heterocycles. The third-order valence-electron chi connectivity index (χ3n) is 3.00. The molecule has 0 bridgehead atoms. The second-order valence-electron chi connectivity index (χ2n) is 4.52. The summed E-state index contributed by atoms with van der Waals surface area (Å²) in [6.45, 7) is 4.20. The number of hydrogen-bond donors (Lipinski definition) is 1. The molecule has 2 heterocycles. The van der Waals surface area contributed by atoms with E-state index in [0.29, 0.717) is 26.2 Å². The van der Waals surface area contributed by atoms with E-state index >= 15 is 0 Å². The zero-order valence-corrected chi connectivity index (χ0v) is 12.7. The predicted octanol–water partition coefficient (Wildman–Crippen LogP) is 1.06. The summed E-state index contributed by atoms with van der Waals surface area (Å²) in [7, 11) is -3.11. The second-order valence-corrected chi connectivity index (χ2v) is 7.83. The standard InChI is InChI=1S/C12H20N2O3S2/c1-11-2-3-12(17-11)10-13-4-9-19(15,16)14-5-7-18-8-6-14/h2-3,13H,4-10H2,1H3. The van der Waals surface area contributed by atoms with Crippen molar-refractivity contribution in [2.45, 2.75) is 13.5 Å². The third kappa shape index (κ3) is 4.52. The summed E-state index contributed by atoms with van der Waals surface area (Å²) in [5, 5.41) is 3.11. The Hall–Kier alpha value is -0.500. The highest BCUT2D eigenvalue weighted by Crippen LogP contribution is 2.13. The first kappa shape index (κ1) is 14.9. The minimum atomic E-state index is -3.11. The number of nitrogens with one attached hydrogen (secondary N) is 1. The lowest BCUT2D eigenvalue weighted by molar-refractivity contribution is 0.439. The highest BCUT2D eigenvalue weighted by molar-refractivity contribution is 7.99. The SMILES string of the molecule is Cc1ccc(CNCCS(=O)(=O)N2CCSCC2)o1. The molecule has 1 fully saturated rings. The van der Waals surface area contributed by atoms with Crippen LogP contribution < -0.4 is 5.32 Å². The van der Waals surface area contributed by atoms with E-state index in [1.807, 2.05) is 30.8 Å². The Morgan fingerprint density at radius 3 is 2.74 bits per heavy atom. The minimum absolute atomic E-state index is 0.150. The Bertz CT molecular complexity index is 493. The van der Waals surface area contributed by atoms with Crippen molar-refractivity contribution in [2.24, 2.45) is 0 Å². The van der Waals surface area contributed by atoms with Crippen molar-refractivity contribution < 1.29 is 12.8 Å². The molecule has 0 atom stereocenters. The number of hydrogen-bond acceptors (Lipinski definition) is 5. The number of thioether (sulfide) groups is 1. The normalized spacial score (nSPS) is 17.7. The van der Waals surface area contributed by atoms with Crippen LogP contribution in [0, 0.1) is 6.92 Å². The Balaban J connectivity index is 1.72. The Kier molecular flexibility index (Phi) is 5.32. The summed E-state index contributed by atoms with van der Waals surface area (Å²) in [6.07, 6.45) is 0. The van der Waals surface area contributed by atoms with Gasteiger partial charge in [-0.1, -0.05) is 0 Å². The van der Waals surface area contributed by atoms with Gasteiger partial charge in [-0.05, 0) is 19.1 Å². The molecule has 1 aromatic heterocycles. The van der Waals surface area contributed by atoms with E-state index in [1.54, 1.807) is 4.31 Å². The summed E-state index contributed by atoms with van der Waals surface area (Å²) in [6, 6.07) is 3.80.